The molecule has 1 aromatic rings. The van der Waals surface area contributed by atoms with E-state index in [-0.39, 0.29) is 23.3 Å². The number of aromatic nitrogens is 2. The molecule has 1 aliphatic rings. The van der Waals surface area contributed by atoms with Gasteiger partial charge in [0.2, 0.25) is 0 Å². The SMILES string of the molecule is Cn1nc(C(N)=O)[c]c1C(=O)N[C@@H]1CCOC1. The summed E-state index contributed by atoms with van der Waals surface area (Å²) in [5.74, 6) is -1.04. The van der Waals surface area contributed by atoms with Crippen molar-refractivity contribution in [2.75, 3.05) is 13.2 Å². The smallest absolute Gasteiger partial charge is 0.270 e. The molecule has 7 nitrogen and oxygen atoms in total. The van der Waals surface area contributed by atoms with Crippen LogP contribution >= 0.6 is 0 Å². The Morgan fingerprint density at radius 3 is 2.94 bits per heavy atom. The highest BCUT2D eigenvalue weighted by atomic mass is 16.5. The van der Waals surface area contributed by atoms with E-state index >= 15 is 0 Å². The number of rotatable bonds is 3. The van der Waals surface area contributed by atoms with Gasteiger partial charge in [0, 0.05) is 13.7 Å². The molecule has 2 amide bonds. The van der Waals surface area contributed by atoms with Crippen molar-refractivity contribution in [1.29, 1.82) is 0 Å². The summed E-state index contributed by atoms with van der Waals surface area (Å²) >= 11 is 0. The van der Waals surface area contributed by atoms with E-state index in [1.54, 1.807) is 7.05 Å². The number of hydrogen-bond acceptors (Lipinski definition) is 4. The van der Waals surface area contributed by atoms with Gasteiger partial charge < -0.3 is 15.8 Å². The molecule has 0 aromatic carbocycles. The van der Waals surface area contributed by atoms with Gasteiger partial charge in [0.1, 0.15) is 5.69 Å². The number of carbonyl (C=O) groups is 2. The van der Waals surface area contributed by atoms with E-state index in [4.69, 9.17) is 10.5 Å². The largest absolute Gasteiger partial charge is 0.379 e. The molecule has 0 aliphatic carbocycles. The summed E-state index contributed by atoms with van der Waals surface area (Å²) in [4.78, 5) is 22.7. The molecule has 2 rings (SSSR count). The Kier molecular flexibility index (Phi) is 3.10. The zero-order valence-corrected chi connectivity index (χ0v) is 9.40. The van der Waals surface area contributed by atoms with Crippen molar-refractivity contribution in [3.05, 3.63) is 17.5 Å². The second-order valence-corrected chi connectivity index (χ2v) is 3.84. The van der Waals surface area contributed by atoms with Crippen LogP contribution in [0, 0.1) is 6.07 Å². The summed E-state index contributed by atoms with van der Waals surface area (Å²) in [6, 6.07) is 2.58. The Labute approximate surface area is 97.9 Å². The third-order valence-corrected chi connectivity index (χ3v) is 2.52. The van der Waals surface area contributed by atoms with E-state index in [0.29, 0.717) is 13.2 Å². The van der Waals surface area contributed by atoms with Crippen LogP contribution < -0.4 is 11.1 Å². The van der Waals surface area contributed by atoms with Gasteiger partial charge in [0.15, 0.2) is 5.69 Å². The molecule has 0 spiro atoms. The molecule has 0 unspecified atom stereocenters. The molecule has 0 saturated carbocycles. The number of nitrogens with one attached hydrogen (secondary N) is 1. The van der Waals surface area contributed by atoms with Gasteiger partial charge in [-0.05, 0) is 6.42 Å². The zero-order valence-electron chi connectivity index (χ0n) is 9.40. The predicted molar refractivity (Wildman–Crippen MR) is 57.3 cm³/mol. The van der Waals surface area contributed by atoms with Crippen molar-refractivity contribution in [1.82, 2.24) is 15.1 Å². The Morgan fingerprint density at radius 1 is 1.65 bits per heavy atom. The van der Waals surface area contributed by atoms with Crippen LogP contribution in [-0.4, -0.2) is 40.9 Å². The maximum absolute atomic E-state index is 11.8. The van der Waals surface area contributed by atoms with Crippen LogP contribution in [0.3, 0.4) is 0 Å². The van der Waals surface area contributed by atoms with Crippen LogP contribution in [0.15, 0.2) is 0 Å². The Morgan fingerprint density at radius 2 is 2.41 bits per heavy atom. The van der Waals surface area contributed by atoms with Crippen LogP contribution in [0.1, 0.15) is 27.4 Å². The molecule has 2 heterocycles. The van der Waals surface area contributed by atoms with Crippen LogP contribution in [0.25, 0.3) is 0 Å². The van der Waals surface area contributed by atoms with E-state index in [0.717, 1.165) is 6.42 Å². The highest BCUT2D eigenvalue weighted by Gasteiger charge is 2.22. The molecule has 0 bridgehead atoms. The molecule has 1 aliphatic heterocycles. The maximum Gasteiger partial charge on any atom is 0.270 e. The number of hydrogen-bond donors (Lipinski definition) is 2. The molecule has 1 radical (unpaired) electrons. The second kappa shape index (κ2) is 4.54. The number of primary amides is 1. The first kappa shape index (κ1) is 11.6. The van der Waals surface area contributed by atoms with Gasteiger partial charge in [-0.2, -0.15) is 5.10 Å². The minimum atomic E-state index is -0.705. The van der Waals surface area contributed by atoms with Crippen LogP contribution in [0.5, 0.6) is 0 Å². The summed E-state index contributed by atoms with van der Waals surface area (Å²) in [7, 11) is 1.56. The van der Waals surface area contributed by atoms with E-state index in [2.05, 4.69) is 16.5 Å². The zero-order chi connectivity index (χ0) is 12.4. The van der Waals surface area contributed by atoms with Crippen molar-refractivity contribution in [2.24, 2.45) is 12.8 Å². The molecule has 1 aromatic heterocycles. The second-order valence-electron chi connectivity index (χ2n) is 3.84. The van der Waals surface area contributed by atoms with E-state index < -0.39 is 5.91 Å². The third kappa shape index (κ3) is 2.44. The lowest BCUT2D eigenvalue weighted by Gasteiger charge is -2.09. The number of carbonyl (C=O) groups excluding carboxylic acids is 2. The Hall–Kier alpha value is -1.89. The predicted octanol–water partition coefficient (Wildman–Crippen LogP) is -1.16. The van der Waals surface area contributed by atoms with Crippen LogP contribution in [0.4, 0.5) is 0 Å². The first-order valence-electron chi connectivity index (χ1n) is 5.22. The first-order chi connectivity index (χ1) is 8.08. The summed E-state index contributed by atoms with van der Waals surface area (Å²) < 4.78 is 6.43. The van der Waals surface area contributed by atoms with Crippen LogP contribution in [-0.2, 0) is 11.8 Å². The van der Waals surface area contributed by atoms with Crippen molar-refractivity contribution in [3.8, 4) is 0 Å². The standard InChI is InChI=1S/C10H13N4O3/c1-14-8(4-7(13-14)9(11)15)10(16)12-6-2-3-17-5-6/h6H,2-3,5H2,1H3,(H2,11,15)(H,12,16)/t6-/m1/s1. The minimum absolute atomic E-state index is 0.00262. The average Bonchev–Trinajstić information content (AvgIpc) is 2.86. The highest BCUT2D eigenvalue weighted by molar-refractivity contribution is 5.96. The van der Waals surface area contributed by atoms with Gasteiger partial charge in [-0.15, -0.1) is 0 Å². The number of nitrogens with two attached hydrogens (primary N) is 1. The number of amides is 2. The number of ether oxygens (including phenoxy) is 1. The molecule has 1 fully saturated rings. The number of aryl methyl sites for hydroxylation is 1. The molecular weight excluding hydrogens is 224 g/mol. The fraction of sp³-hybridized carbons (Fsp3) is 0.500. The van der Waals surface area contributed by atoms with Gasteiger partial charge in [-0.25, -0.2) is 0 Å². The van der Waals surface area contributed by atoms with E-state index in [9.17, 15) is 9.59 Å². The lowest BCUT2D eigenvalue weighted by Crippen LogP contribution is -2.36. The Bertz CT molecular complexity index is 448. The Balaban J connectivity index is 2.10. The summed E-state index contributed by atoms with van der Waals surface area (Å²) in [6.07, 6.45) is 0.784. The first-order valence-corrected chi connectivity index (χ1v) is 5.22. The monoisotopic (exact) mass is 237 g/mol. The van der Waals surface area contributed by atoms with Gasteiger partial charge in [0.05, 0.1) is 18.7 Å². The van der Waals surface area contributed by atoms with E-state index in [1.807, 2.05) is 0 Å². The van der Waals surface area contributed by atoms with Gasteiger partial charge in [-0.3, -0.25) is 14.3 Å². The quantitative estimate of drug-likeness (QED) is 0.692. The molecular formula is C10H13N4O3. The topological polar surface area (TPSA) is 99.2 Å². The average molecular weight is 237 g/mol. The fourth-order valence-electron chi connectivity index (χ4n) is 1.63. The van der Waals surface area contributed by atoms with Crippen molar-refractivity contribution in [3.63, 3.8) is 0 Å². The van der Waals surface area contributed by atoms with Gasteiger partial charge in [0.25, 0.3) is 11.8 Å². The lowest BCUT2D eigenvalue weighted by molar-refractivity contribution is 0.0919. The molecule has 17 heavy (non-hydrogen) atoms. The van der Waals surface area contributed by atoms with Crippen molar-refractivity contribution < 1.29 is 14.3 Å². The minimum Gasteiger partial charge on any atom is -0.379 e. The summed E-state index contributed by atoms with van der Waals surface area (Å²) in [6.45, 7) is 1.15. The van der Waals surface area contributed by atoms with Crippen molar-refractivity contribution in [2.45, 2.75) is 12.5 Å². The molecule has 1 saturated heterocycles. The van der Waals surface area contributed by atoms with Crippen molar-refractivity contribution >= 4 is 11.8 Å². The molecule has 1 atom stereocenters. The molecule has 7 heteroatoms. The fourth-order valence-corrected chi connectivity index (χ4v) is 1.63. The molecule has 91 valence electrons. The lowest BCUT2D eigenvalue weighted by atomic mass is 10.2. The maximum atomic E-state index is 11.8. The highest BCUT2D eigenvalue weighted by Crippen LogP contribution is 2.06. The van der Waals surface area contributed by atoms with Gasteiger partial charge in [-0.1, -0.05) is 0 Å². The summed E-state index contributed by atoms with van der Waals surface area (Å²) in [5.41, 5.74) is 5.21. The van der Waals surface area contributed by atoms with Gasteiger partial charge >= 0.3 is 0 Å². The van der Waals surface area contributed by atoms with Crippen LogP contribution in [0.2, 0.25) is 0 Å². The number of nitrogens with zero attached hydrogens (tertiary/aromatic N) is 2. The summed E-state index contributed by atoms with van der Waals surface area (Å²) in [5, 5.41) is 6.58. The normalized spacial score (nSPS) is 19.2. The molecule has 3 N–H and O–H groups in total. The van der Waals surface area contributed by atoms with E-state index in [1.165, 1.54) is 4.68 Å². The third-order valence-electron chi connectivity index (χ3n) is 2.52.